The number of allylic oxidation sites excluding steroid dienone is 1. The quantitative estimate of drug-likeness (QED) is 0.178. The molecular weight excluding hydrogens is 332 g/mol. The highest BCUT2D eigenvalue weighted by atomic mass is 16.3. The van der Waals surface area contributed by atoms with Crippen molar-refractivity contribution in [1.29, 1.82) is 0 Å². The zero-order valence-corrected chi connectivity index (χ0v) is 17.3. The van der Waals surface area contributed by atoms with Crippen LogP contribution in [-0.2, 0) is 0 Å². The normalized spacial score (nSPS) is 13.3. The van der Waals surface area contributed by atoms with Gasteiger partial charge < -0.3 is 10.2 Å². The van der Waals surface area contributed by atoms with E-state index in [-0.39, 0.29) is 12.2 Å². The van der Waals surface area contributed by atoms with Gasteiger partial charge in [-0.1, -0.05) is 114 Å². The number of hydrogen-bond acceptors (Lipinski definition) is 2. The summed E-state index contributed by atoms with van der Waals surface area (Å²) in [6.07, 6.45) is 21.1. The number of hydrogen-bond donors (Lipinski definition) is 2. The maximum Gasteiger partial charge on any atom is 0.0957 e. The van der Waals surface area contributed by atoms with Crippen LogP contribution in [0.5, 0.6) is 0 Å². The third kappa shape index (κ3) is 14.2. The van der Waals surface area contributed by atoms with E-state index < -0.39 is 6.10 Å². The smallest absolute Gasteiger partial charge is 0.0957 e. The van der Waals surface area contributed by atoms with Crippen molar-refractivity contribution in [1.82, 2.24) is 0 Å². The van der Waals surface area contributed by atoms with Crippen molar-refractivity contribution in [3.05, 3.63) is 53.8 Å². The van der Waals surface area contributed by atoms with E-state index in [0.29, 0.717) is 0 Å². The first-order valence-corrected chi connectivity index (χ1v) is 11.0. The second kappa shape index (κ2) is 16.6. The molecule has 0 fully saturated rings. The number of aliphatic hydroxyl groups is 2. The topological polar surface area (TPSA) is 40.5 Å². The summed E-state index contributed by atoms with van der Waals surface area (Å²) in [4.78, 5) is 0. The van der Waals surface area contributed by atoms with E-state index in [1.165, 1.54) is 70.6 Å². The fourth-order valence-electron chi connectivity index (χ4n) is 3.26. The highest BCUT2D eigenvalue weighted by Crippen LogP contribution is 2.13. The average molecular weight is 373 g/mol. The molecule has 2 heteroatoms. The molecular formula is C25H40O2. The summed E-state index contributed by atoms with van der Waals surface area (Å²) in [5.41, 5.74) is 0.951. The van der Waals surface area contributed by atoms with Crippen LogP contribution in [0.25, 0.3) is 6.08 Å². The fraction of sp³-hybridized carbons (Fsp3) is 0.600. The Labute approximate surface area is 167 Å². The van der Waals surface area contributed by atoms with Gasteiger partial charge in [-0.25, -0.2) is 0 Å². The van der Waals surface area contributed by atoms with Crippen LogP contribution >= 0.6 is 0 Å². The summed E-state index contributed by atoms with van der Waals surface area (Å²) in [6, 6.07) is 9.68. The molecule has 0 saturated heterocycles. The summed E-state index contributed by atoms with van der Waals surface area (Å²) in [6.45, 7) is 2.27. The Balaban J connectivity index is 1.98. The summed E-state index contributed by atoms with van der Waals surface area (Å²) in [7, 11) is 0. The SMILES string of the molecule is CCCCCCCCCCCCCC=CC(O)CC(O)=Cc1ccccc1. The van der Waals surface area contributed by atoms with Crippen molar-refractivity contribution in [2.24, 2.45) is 0 Å². The summed E-state index contributed by atoms with van der Waals surface area (Å²) >= 11 is 0. The lowest BCUT2D eigenvalue weighted by molar-refractivity contribution is 0.203. The van der Waals surface area contributed by atoms with Crippen molar-refractivity contribution in [3.8, 4) is 0 Å². The van der Waals surface area contributed by atoms with Gasteiger partial charge in [0.05, 0.1) is 11.9 Å². The third-order valence-corrected chi connectivity index (χ3v) is 4.88. The second-order valence-electron chi connectivity index (χ2n) is 7.57. The molecule has 27 heavy (non-hydrogen) atoms. The number of benzene rings is 1. The molecule has 1 aromatic carbocycles. The molecule has 0 saturated carbocycles. The summed E-state index contributed by atoms with van der Waals surface area (Å²) in [5.74, 6) is 0.216. The molecule has 0 aliphatic heterocycles. The van der Waals surface area contributed by atoms with Crippen molar-refractivity contribution in [3.63, 3.8) is 0 Å². The molecule has 1 atom stereocenters. The van der Waals surface area contributed by atoms with Gasteiger partial charge in [0.1, 0.15) is 0 Å². The molecule has 0 bridgehead atoms. The van der Waals surface area contributed by atoms with Gasteiger partial charge in [0.15, 0.2) is 0 Å². The second-order valence-corrected chi connectivity index (χ2v) is 7.57. The Morgan fingerprint density at radius 1 is 0.852 bits per heavy atom. The predicted octanol–water partition coefficient (Wildman–Crippen LogP) is 7.59. The lowest BCUT2D eigenvalue weighted by Crippen LogP contribution is -2.03. The minimum absolute atomic E-state index is 0.216. The predicted molar refractivity (Wildman–Crippen MR) is 118 cm³/mol. The van der Waals surface area contributed by atoms with E-state index in [1.807, 2.05) is 42.5 Å². The molecule has 152 valence electrons. The molecule has 1 aromatic rings. The van der Waals surface area contributed by atoms with E-state index in [2.05, 4.69) is 6.92 Å². The van der Waals surface area contributed by atoms with Gasteiger partial charge in [-0.3, -0.25) is 0 Å². The number of rotatable bonds is 16. The van der Waals surface area contributed by atoms with Crippen molar-refractivity contribution in [2.75, 3.05) is 0 Å². The van der Waals surface area contributed by atoms with Gasteiger partial charge in [-0.15, -0.1) is 0 Å². The lowest BCUT2D eigenvalue weighted by atomic mass is 10.0. The first-order chi connectivity index (χ1) is 13.2. The van der Waals surface area contributed by atoms with Crippen LogP contribution in [0, 0.1) is 0 Å². The number of unbranched alkanes of at least 4 members (excludes halogenated alkanes) is 11. The minimum atomic E-state index is -0.613. The van der Waals surface area contributed by atoms with Crippen molar-refractivity contribution < 1.29 is 10.2 Å². The Morgan fingerprint density at radius 2 is 1.41 bits per heavy atom. The maximum atomic E-state index is 9.99. The monoisotopic (exact) mass is 372 g/mol. The van der Waals surface area contributed by atoms with Crippen LogP contribution in [0.15, 0.2) is 48.2 Å². The van der Waals surface area contributed by atoms with Crippen LogP contribution in [0.1, 0.15) is 96.0 Å². The highest BCUT2D eigenvalue weighted by Gasteiger charge is 2.03. The first-order valence-electron chi connectivity index (χ1n) is 11.0. The minimum Gasteiger partial charge on any atom is -0.512 e. The molecule has 0 radical (unpaired) electrons. The molecule has 1 unspecified atom stereocenters. The molecule has 0 spiro atoms. The molecule has 2 nitrogen and oxygen atoms in total. The highest BCUT2D eigenvalue weighted by molar-refractivity contribution is 5.50. The summed E-state index contributed by atoms with van der Waals surface area (Å²) in [5, 5.41) is 19.9. The Hall–Kier alpha value is -1.54. The molecule has 0 aliphatic rings. The van der Waals surface area contributed by atoms with Crippen LogP contribution in [0.2, 0.25) is 0 Å². The summed E-state index contributed by atoms with van der Waals surface area (Å²) < 4.78 is 0. The van der Waals surface area contributed by atoms with Gasteiger partial charge in [0.25, 0.3) is 0 Å². The van der Waals surface area contributed by atoms with Crippen LogP contribution in [-0.4, -0.2) is 16.3 Å². The molecule has 2 N–H and O–H groups in total. The Morgan fingerprint density at radius 3 is 2.00 bits per heavy atom. The Kier molecular flexibility index (Phi) is 14.5. The van der Waals surface area contributed by atoms with Crippen molar-refractivity contribution >= 4 is 6.08 Å². The van der Waals surface area contributed by atoms with E-state index in [1.54, 1.807) is 6.08 Å². The molecule has 0 heterocycles. The van der Waals surface area contributed by atoms with Gasteiger partial charge in [0, 0.05) is 6.42 Å². The molecule has 1 rings (SSSR count). The largest absolute Gasteiger partial charge is 0.512 e. The zero-order chi connectivity index (χ0) is 19.6. The zero-order valence-electron chi connectivity index (χ0n) is 17.3. The number of aliphatic hydroxyl groups excluding tert-OH is 2. The van der Waals surface area contributed by atoms with E-state index in [9.17, 15) is 10.2 Å². The van der Waals surface area contributed by atoms with Crippen LogP contribution < -0.4 is 0 Å². The molecule has 0 amide bonds. The average Bonchev–Trinajstić information content (AvgIpc) is 2.66. The van der Waals surface area contributed by atoms with Gasteiger partial charge >= 0.3 is 0 Å². The fourth-order valence-corrected chi connectivity index (χ4v) is 3.26. The molecule has 0 aliphatic carbocycles. The Bertz CT molecular complexity index is 504. The van der Waals surface area contributed by atoms with Crippen molar-refractivity contribution in [2.45, 2.75) is 96.5 Å². The third-order valence-electron chi connectivity index (χ3n) is 4.88. The van der Waals surface area contributed by atoms with Gasteiger partial charge in [0.2, 0.25) is 0 Å². The van der Waals surface area contributed by atoms with Crippen LogP contribution in [0.4, 0.5) is 0 Å². The maximum absolute atomic E-state index is 9.99. The standard InChI is InChI=1S/C25H40O2/c1-2-3-4-5-6-7-8-9-10-11-12-13-17-20-24(26)22-25(27)21-23-18-15-14-16-19-23/h14-21,24,26-27H,2-13,22H2,1H3. The van der Waals surface area contributed by atoms with E-state index in [0.717, 1.165) is 12.0 Å². The lowest BCUT2D eigenvalue weighted by Gasteiger charge is -2.05. The van der Waals surface area contributed by atoms with E-state index >= 15 is 0 Å². The van der Waals surface area contributed by atoms with Gasteiger partial charge in [-0.2, -0.15) is 0 Å². The van der Waals surface area contributed by atoms with E-state index in [4.69, 9.17) is 0 Å². The van der Waals surface area contributed by atoms with Gasteiger partial charge in [-0.05, 0) is 24.5 Å². The first kappa shape index (κ1) is 23.5. The molecule has 0 aromatic heterocycles. The van der Waals surface area contributed by atoms with Crippen LogP contribution in [0.3, 0.4) is 0 Å².